The van der Waals surface area contributed by atoms with Crippen LogP contribution < -0.4 is 10.6 Å². The third-order valence-electron chi connectivity index (χ3n) is 4.22. The summed E-state index contributed by atoms with van der Waals surface area (Å²) in [7, 11) is 0. The third-order valence-corrected chi connectivity index (χ3v) is 4.22. The minimum atomic E-state index is -0.492. The molecule has 5 heteroatoms. The SMILES string of the molecule is CCC(CC)C(O)CNC(=O)NCC(C)(C)c1ccncc1. The fraction of sp³-hybridized carbons (Fsp3) is 0.647. The van der Waals surface area contributed by atoms with Gasteiger partial charge in [0.05, 0.1) is 6.10 Å². The van der Waals surface area contributed by atoms with Crippen LogP contribution in [0.3, 0.4) is 0 Å². The molecule has 1 aromatic heterocycles. The Morgan fingerprint density at radius 2 is 1.82 bits per heavy atom. The number of aliphatic hydroxyl groups is 1. The molecule has 0 aliphatic rings. The Labute approximate surface area is 133 Å². The number of pyridine rings is 1. The number of rotatable bonds is 8. The molecule has 0 aromatic carbocycles. The summed E-state index contributed by atoms with van der Waals surface area (Å²) in [5.74, 6) is 0.230. The highest BCUT2D eigenvalue weighted by atomic mass is 16.3. The van der Waals surface area contributed by atoms with Gasteiger partial charge in [0.2, 0.25) is 0 Å². The second kappa shape index (κ2) is 8.73. The molecule has 0 spiro atoms. The van der Waals surface area contributed by atoms with Crippen molar-refractivity contribution in [2.24, 2.45) is 5.92 Å². The number of aliphatic hydroxyl groups excluding tert-OH is 1. The number of urea groups is 1. The van der Waals surface area contributed by atoms with E-state index in [-0.39, 0.29) is 23.9 Å². The largest absolute Gasteiger partial charge is 0.391 e. The van der Waals surface area contributed by atoms with Gasteiger partial charge in [-0.25, -0.2) is 4.79 Å². The highest BCUT2D eigenvalue weighted by Crippen LogP contribution is 2.21. The topological polar surface area (TPSA) is 74.2 Å². The van der Waals surface area contributed by atoms with Crippen LogP contribution in [0.5, 0.6) is 0 Å². The standard InChI is InChI=1S/C17H29N3O2/c1-5-13(6-2)15(21)11-19-16(22)20-12-17(3,4)14-7-9-18-10-8-14/h7-10,13,15,21H,5-6,11-12H2,1-4H3,(H2,19,20,22). The lowest BCUT2D eigenvalue weighted by Gasteiger charge is -2.26. The van der Waals surface area contributed by atoms with Gasteiger partial charge in [0, 0.05) is 30.9 Å². The quantitative estimate of drug-likeness (QED) is 0.690. The minimum Gasteiger partial charge on any atom is -0.391 e. The zero-order chi connectivity index (χ0) is 16.6. The monoisotopic (exact) mass is 307 g/mol. The molecule has 22 heavy (non-hydrogen) atoms. The van der Waals surface area contributed by atoms with Gasteiger partial charge in [0.25, 0.3) is 0 Å². The first kappa shape index (κ1) is 18.4. The maximum absolute atomic E-state index is 11.9. The van der Waals surface area contributed by atoms with Gasteiger partial charge in [-0.3, -0.25) is 4.98 Å². The zero-order valence-corrected chi connectivity index (χ0v) is 14.1. The van der Waals surface area contributed by atoms with Crippen molar-refractivity contribution in [3.8, 4) is 0 Å². The molecule has 5 nitrogen and oxygen atoms in total. The van der Waals surface area contributed by atoms with Gasteiger partial charge in [0.15, 0.2) is 0 Å². The van der Waals surface area contributed by atoms with Crippen LogP contribution in [0.4, 0.5) is 4.79 Å². The van der Waals surface area contributed by atoms with Gasteiger partial charge in [-0.2, -0.15) is 0 Å². The van der Waals surface area contributed by atoms with Crippen LogP contribution in [0.15, 0.2) is 24.5 Å². The fourth-order valence-corrected chi connectivity index (χ4v) is 2.47. The van der Waals surface area contributed by atoms with Crippen LogP contribution in [0.2, 0.25) is 0 Å². The minimum absolute atomic E-state index is 0.172. The Kier molecular flexibility index (Phi) is 7.32. The van der Waals surface area contributed by atoms with E-state index in [1.807, 2.05) is 12.1 Å². The van der Waals surface area contributed by atoms with E-state index < -0.39 is 6.10 Å². The summed E-state index contributed by atoms with van der Waals surface area (Å²) in [4.78, 5) is 15.9. The first-order valence-corrected chi connectivity index (χ1v) is 8.01. The van der Waals surface area contributed by atoms with Gasteiger partial charge >= 0.3 is 6.03 Å². The Morgan fingerprint density at radius 3 is 2.36 bits per heavy atom. The lowest BCUT2D eigenvalue weighted by Crippen LogP contribution is -2.45. The van der Waals surface area contributed by atoms with E-state index >= 15 is 0 Å². The van der Waals surface area contributed by atoms with E-state index in [1.165, 1.54) is 0 Å². The van der Waals surface area contributed by atoms with Crippen LogP contribution in [0, 0.1) is 5.92 Å². The molecule has 0 radical (unpaired) electrons. The van der Waals surface area contributed by atoms with Crippen molar-refractivity contribution in [1.29, 1.82) is 0 Å². The lowest BCUT2D eigenvalue weighted by atomic mass is 9.85. The van der Waals surface area contributed by atoms with Crippen molar-refractivity contribution < 1.29 is 9.90 Å². The Balaban J connectivity index is 2.40. The number of hydrogen-bond donors (Lipinski definition) is 3. The molecule has 1 aromatic rings. The van der Waals surface area contributed by atoms with Crippen molar-refractivity contribution in [3.63, 3.8) is 0 Å². The average molecular weight is 307 g/mol. The predicted molar refractivity (Wildman–Crippen MR) is 88.7 cm³/mol. The van der Waals surface area contributed by atoms with E-state index in [9.17, 15) is 9.90 Å². The highest BCUT2D eigenvalue weighted by Gasteiger charge is 2.22. The normalized spacial score (nSPS) is 13.0. The van der Waals surface area contributed by atoms with Crippen molar-refractivity contribution in [2.75, 3.05) is 13.1 Å². The van der Waals surface area contributed by atoms with Crippen molar-refractivity contribution in [3.05, 3.63) is 30.1 Å². The van der Waals surface area contributed by atoms with Gasteiger partial charge in [0.1, 0.15) is 0 Å². The Bertz CT molecular complexity index is 444. The maximum atomic E-state index is 11.9. The average Bonchev–Trinajstić information content (AvgIpc) is 2.53. The fourth-order valence-electron chi connectivity index (χ4n) is 2.47. The summed E-state index contributed by atoms with van der Waals surface area (Å²) in [5.41, 5.74) is 0.953. The van der Waals surface area contributed by atoms with Gasteiger partial charge in [-0.05, 0) is 23.6 Å². The molecule has 1 atom stereocenters. The Morgan fingerprint density at radius 1 is 1.23 bits per heavy atom. The molecule has 1 unspecified atom stereocenters. The summed E-state index contributed by atoms with van der Waals surface area (Å²) in [6, 6.07) is 3.67. The molecule has 1 rings (SSSR count). The molecule has 0 bridgehead atoms. The van der Waals surface area contributed by atoms with Crippen LogP contribution in [0.25, 0.3) is 0 Å². The van der Waals surface area contributed by atoms with E-state index in [0.29, 0.717) is 6.54 Å². The van der Waals surface area contributed by atoms with Crippen LogP contribution in [-0.4, -0.2) is 35.3 Å². The van der Waals surface area contributed by atoms with E-state index in [2.05, 4.69) is 43.3 Å². The summed E-state index contributed by atoms with van der Waals surface area (Å²) < 4.78 is 0. The summed E-state index contributed by atoms with van der Waals surface area (Å²) in [5, 5.41) is 15.6. The number of carbonyl (C=O) groups excluding carboxylic acids is 1. The molecule has 0 aliphatic heterocycles. The van der Waals surface area contributed by atoms with Crippen molar-refractivity contribution in [2.45, 2.75) is 52.1 Å². The molecular formula is C17H29N3O2. The molecule has 0 aliphatic carbocycles. The number of carbonyl (C=O) groups is 1. The van der Waals surface area contributed by atoms with Crippen molar-refractivity contribution >= 4 is 6.03 Å². The summed E-state index contributed by atoms with van der Waals surface area (Å²) in [6.45, 7) is 9.05. The molecular weight excluding hydrogens is 278 g/mol. The zero-order valence-electron chi connectivity index (χ0n) is 14.1. The summed E-state index contributed by atoms with van der Waals surface area (Å²) in [6.07, 6.45) is 4.84. The molecule has 2 amide bonds. The third kappa shape index (κ3) is 5.64. The first-order valence-electron chi connectivity index (χ1n) is 8.01. The number of hydrogen-bond acceptors (Lipinski definition) is 3. The second-order valence-corrected chi connectivity index (χ2v) is 6.33. The number of aromatic nitrogens is 1. The smallest absolute Gasteiger partial charge is 0.314 e. The predicted octanol–water partition coefficient (Wildman–Crippen LogP) is 2.46. The van der Waals surface area contributed by atoms with E-state index in [0.717, 1.165) is 18.4 Å². The number of amides is 2. The van der Waals surface area contributed by atoms with E-state index in [1.54, 1.807) is 12.4 Å². The van der Waals surface area contributed by atoms with E-state index in [4.69, 9.17) is 0 Å². The van der Waals surface area contributed by atoms with Crippen molar-refractivity contribution in [1.82, 2.24) is 15.6 Å². The number of nitrogens with one attached hydrogen (secondary N) is 2. The molecule has 3 N–H and O–H groups in total. The Hall–Kier alpha value is -1.62. The summed E-state index contributed by atoms with van der Waals surface area (Å²) >= 11 is 0. The van der Waals surface area contributed by atoms with Gasteiger partial charge < -0.3 is 15.7 Å². The highest BCUT2D eigenvalue weighted by molar-refractivity contribution is 5.74. The molecule has 1 heterocycles. The number of nitrogens with zero attached hydrogens (tertiary/aromatic N) is 1. The van der Waals surface area contributed by atoms with Gasteiger partial charge in [-0.15, -0.1) is 0 Å². The van der Waals surface area contributed by atoms with Crippen LogP contribution >= 0.6 is 0 Å². The maximum Gasteiger partial charge on any atom is 0.314 e. The van der Waals surface area contributed by atoms with Gasteiger partial charge in [-0.1, -0.05) is 40.5 Å². The van der Waals surface area contributed by atoms with Crippen LogP contribution in [0.1, 0.15) is 46.1 Å². The lowest BCUT2D eigenvalue weighted by molar-refractivity contribution is 0.103. The second-order valence-electron chi connectivity index (χ2n) is 6.33. The van der Waals surface area contributed by atoms with Crippen LogP contribution in [-0.2, 0) is 5.41 Å². The first-order chi connectivity index (χ1) is 10.4. The molecule has 0 fully saturated rings. The molecule has 0 saturated heterocycles. The molecule has 0 saturated carbocycles. The molecule has 124 valence electrons.